The van der Waals surface area contributed by atoms with Gasteiger partial charge in [-0.2, -0.15) is 0 Å². The van der Waals surface area contributed by atoms with Gasteiger partial charge in [-0.05, 0) is 30.8 Å². The van der Waals surface area contributed by atoms with Gasteiger partial charge in [0.25, 0.3) is 0 Å². The van der Waals surface area contributed by atoms with E-state index < -0.39 is 0 Å². The maximum Gasteiger partial charge on any atom is 0.227 e. The van der Waals surface area contributed by atoms with Gasteiger partial charge in [0.1, 0.15) is 5.75 Å². The second kappa shape index (κ2) is 8.92. The van der Waals surface area contributed by atoms with E-state index in [1.165, 1.54) is 0 Å². The molecule has 0 spiro atoms. The zero-order chi connectivity index (χ0) is 20.1. The summed E-state index contributed by atoms with van der Waals surface area (Å²) in [6.45, 7) is 7.50. The number of methoxy groups -OCH3 is 1. The average molecular weight is 388 g/mol. The quantitative estimate of drug-likeness (QED) is 0.693. The second-order valence-corrected chi connectivity index (χ2v) is 6.99. The second-order valence-electron chi connectivity index (χ2n) is 6.99. The van der Waals surface area contributed by atoms with E-state index in [9.17, 15) is 0 Å². The molecule has 149 valence electrons. The smallest absolute Gasteiger partial charge is 0.227 e. The lowest BCUT2D eigenvalue weighted by Crippen LogP contribution is -2.46. The van der Waals surface area contributed by atoms with Crippen LogP contribution in [0, 0.1) is 6.07 Å². The number of rotatable bonds is 6. The number of aromatic nitrogens is 2. The van der Waals surface area contributed by atoms with Gasteiger partial charge in [0.2, 0.25) is 5.95 Å². The Balaban J connectivity index is 1.51. The Morgan fingerprint density at radius 3 is 2.59 bits per heavy atom. The number of hydrogen-bond acceptors (Lipinski definition) is 6. The predicted molar refractivity (Wildman–Crippen MR) is 117 cm³/mol. The third-order valence-corrected chi connectivity index (χ3v) is 5.27. The summed E-state index contributed by atoms with van der Waals surface area (Å²) in [6.07, 6.45) is 1.76. The van der Waals surface area contributed by atoms with Crippen LogP contribution in [0.2, 0.25) is 0 Å². The number of piperazine rings is 1. The zero-order valence-electron chi connectivity index (χ0n) is 16.9. The molecular weight excluding hydrogens is 362 g/mol. The fourth-order valence-electron chi connectivity index (χ4n) is 3.59. The van der Waals surface area contributed by atoms with Crippen molar-refractivity contribution in [3.05, 3.63) is 60.8 Å². The highest BCUT2D eigenvalue weighted by atomic mass is 16.5. The zero-order valence-corrected chi connectivity index (χ0v) is 16.9. The van der Waals surface area contributed by atoms with Crippen molar-refractivity contribution in [3.8, 4) is 17.0 Å². The molecule has 4 rings (SSSR count). The van der Waals surface area contributed by atoms with Crippen LogP contribution in [0.15, 0.2) is 54.7 Å². The number of ether oxygens (including phenoxy) is 1. The van der Waals surface area contributed by atoms with Gasteiger partial charge in [-0.25, -0.2) is 9.97 Å². The van der Waals surface area contributed by atoms with Gasteiger partial charge in [-0.3, -0.25) is 0 Å². The van der Waals surface area contributed by atoms with E-state index in [1.54, 1.807) is 13.3 Å². The van der Waals surface area contributed by atoms with Crippen molar-refractivity contribution in [2.24, 2.45) is 0 Å². The first kappa shape index (κ1) is 19.2. The molecule has 1 aliphatic rings. The van der Waals surface area contributed by atoms with E-state index >= 15 is 0 Å². The Bertz CT molecular complexity index is 939. The van der Waals surface area contributed by atoms with Crippen molar-refractivity contribution in [1.82, 2.24) is 14.9 Å². The summed E-state index contributed by atoms with van der Waals surface area (Å²) in [4.78, 5) is 13.8. The van der Waals surface area contributed by atoms with Gasteiger partial charge >= 0.3 is 0 Å². The first-order chi connectivity index (χ1) is 14.3. The van der Waals surface area contributed by atoms with E-state index in [0.717, 1.165) is 61.1 Å². The van der Waals surface area contributed by atoms with Crippen LogP contribution in [0.25, 0.3) is 11.3 Å². The predicted octanol–water partition coefficient (Wildman–Crippen LogP) is 3.84. The largest absolute Gasteiger partial charge is 0.495 e. The van der Waals surface area contributed by atoms with E-state index in [4.69, 9.17) is 4.74 Å². The summed E-state index contributed by atoms with van der Waals surface area (Å²) in [5.74, 6) is 1.41. The Morgan fingerprint density at radius 2 is 1.86 bits per heavy atom. The summed E-state index contributed by atoms with van der Waals surface area (Å²) in [5.41, 5.74) is 3.93. The molecule has 1 N–H and O–H groups in total. The normalized spacial score (nSPS) is 14.6. The van der Waals surface area contributed by atoms with Gasteiger partial charge < -0.3 is 19.9 Å². The lowest BCUT2D eigenvalue weighted by atomic mass is 10.1. The molecule has 1 saturated heterocycles. The molecule has 3 aromatic rings. The highest BCUT2D eigenvalue weighted by molar-refractivity contribution is 5.68. The molecule has 2 aromatic carbocycles. The minimum atomic E-state index is 0.557. The van der Waals surface area contributed by atoms with Crippen LogP contribution in [-0.4, -0.2) is 54.7 Å². The number of nitrogens with zero attached hydrogens (tertiary/aromatic N) is 4. The van der Waals surface area contributed by atoms with Crippen molar-refractivity contribution < 1.29 is 4.74 Å². The molecular formula is C23H26N5O. The third kappa shape index (κ3) is 4.49. The first-order valence-electron chi connectivity index (χ1n) is 9.98. The molecule has 29 heavy (non-hydrogen) atoms. The summed E-state index contributed by atoms with van der Waals surface area (Å²) < 4.78 is 5.68. The van der Waals surface area contributed by atoms with Crippen molar-refractivity contribution in [3.63, 3.8) is 0 Å². The van der Waals surface area contributed by atoms with E-state index in [-0.39, 0.29) is 0 Å². The summed E-state index contributed by atoms with van der Waals surface area (Å²) >= 11 is 0. The summed E-state index contributed by atoms with van der Waals surface area (Å²) in [7, 11) is 1.72. The standard InChI is InChI=1S/C23H26N5O/c1-3-27-13-15-28(16-14-27)21-10-9-19(17-22(21)29-2)25-23-24-12-11-20(26-23)18-7-5-4-6-8-18/h5-12,17H,3,13-16H2,1-2H3,(H,24,25,26). The maximum atomic E-state index is 5.68. The van der Waals surface area contributed by atoms with Crippen molar-refractivity contribution in [2.75, 3.05) is 50.1 Å². The SMILES string of the molecule is CCN1CCN(c2ccc(Nc3nccc(-c4cc[c]cc4)n3)cc2OC)CC1. The summed E-state index contributed by atoms with van der Waals surface area (Å²) in [5, 5.41) is 3.30. The molecule has 0 atom stereocenters. The molecule has 6 heteroatoms. The average Bonchev–Trinajstić information content (AvgIpc) is 2.80. The fourth-order valence-corrected chi connectivity index (χ4v) is 3.59. The maximum absolute atomic E-state index is 5.68. The highest BCUT2D eigenvalue weighted by Crippen LogP contribution is 2.32. The third-order valence-electron chi connectivity index (χ3n) is 5.27. The first-order valence-corrected chi connectivity index (χ1v) is 9.98. The van der Waals surface area contributed by atoms with Crippen LogP contribution in [0.3, 0.4) is 0 Å². The molecule has 0 aliphatic carbocycles. The number of hydrogen-bond donors (Lipinski definition) is 1. The van der Waals surface area contributed by atoms with Crippen LogP contribution >= 0.6 is 0 Å². The minimum Gasteiger partial charge on any atom is -0.495 e. The van der Waals surface area contributed by atoms with Crippen LogP contribution < -0.4 is 15.0 Å². The molecule has 0 unspecified atom stereocenters. The monoisotopic (exact) mass is 388 g/mol. The molecule has 0 amide bonds. The lowest BCUT2D eigenvalue weighted by molar-refractivity contribution is 0.270. The van der Waals surface area contributed by atoms with Gasteiger partial charge in [0.05, 0.1) is 18.5 Å². The van der Waals surface area contributed by atoms with Gasteiger partial charge in [-0.15, -0.1) is 0 Å². The van der Waals surface area contributed by atoms with Crippen LogP contribution in [0.5, 0.6) is 5.75 Å². The number of anilines is 3. The number of benzene rings is 2. The Hall–Kier alpha value is -3.12. The molecule has 1 aliphatic heterocycles. The Labute approximate surface area is 172 Å². The molecule has 6 nitrogen and oxygen atoms in total. The Kier molecular flexibility index (Phi) is 5.91. The molecule has 1 aromatic heterocycles. The van der Waals surface area contributed by atoms with Gasteiger partial charge in [0, 0.05) is 49.7 Å². The molecule has 1 fully saturated rings. The molecule has 0 saturated carbocycles. The molecule has 0 bridgehead atoms. The van der Waals surface area contributed by atoms with E-state index in [2.05, 4.69) is 50.2 Å². The van der Waals surface area contributed by atoms with Crippen molar-refractivity contribution in [2.45, 2.75) is 6.92 Å². The number of nitrogens with one attached hydrogen (secondary N) is 1. The van der Waals surface area contributed by atoms with Crippen molar-refractivity contribution >= 4 is 17.3 Å². The Morgan fingerprint density at radius 1 is 1.07 bits per heavy atom. The topological polar surface area (TPSA) is 53.5 Å². The van der Waals surface area contributed by atoms with Crippen LogP contribution in [0.4, 0.5) is 17.3 Å². The van der Waals surface area contributed by atoms with Crippen LogP contribution in [-0.2, 0) is 0 Å². The fraction of sp³-hybridized carbons (Fsp3) is 0.304. The highest BCUT2D eigenvalue weighted by Gasteiger charge is 2.19. The van der Waals surface area contributed by atoms with Gasteiger partial charge in [-0.1, -0.05) is 31.2 Å². The van der Waals surface area contributed by atoms with E-state index in [0.29, 0.717) is 5.95 Å². The van der Waals surface area contributed by atoms with Crippen LogP contribution in [0.1, 0.15) is 6.92 Å². The molecule has 1 radical (unpaired) electrons. The lowest BCUT2D eigenvalue weighted by Gasteiger charge is -2.36. The number of likely N-dealkylation sites (N-methyl/N-ethyl adjacent to an activating group) is 1. The van der Waals surface area contributed by atoms with Crippen molar-refractivity contribution in [1.29, 1.82) is 0 Å². The van der Waals surface area contributed by atoms with E-state index in [1.807, 2.05) is 36.4 Å². The minimum absolute atomic E-state index is 0.557. The molecule has 2 heterocycles. The summed E-state index contributed by atoms with van der Waals surface area (Å²) in [6, 6.07) is 18.8. The van der Waals surface area contributed by atoms with Gasteiger partial charge in [0.15, 0.2) is 0 Å².